The van der Waals surface area contributed by atoms with Crippen molar-refractivity contribution in [3.8, 4) is 0 Å². The molecule has 1 saturated heterocycles. The summed E-state index contributed by atoms with van der Waals surface area (Å²) in [6.07, 6.45) is 1.84. The van der Waals surface area contributed by atoms with E-state index in [1.165, 1.54) is 5.56 Å². The Morgan fingerprint density at radius 1 is 1.04 bits per heavy atom. The molecule has 1 aliphatic heterocycles. The minimum absolute atomic E-state index is 0.105. The molecule has 1 fully saturated rings. The van der Waals surface area contributed by atoms with Crippen LogP contribution in [0.2, 0.25) is 0 Å². The van der Waals surface area contributed by atoms with Crippen LogP contribution in [0, 0.1) is 6.92 Å². The molecule has 3 aromatic rings. The van der Waals surface area contributed by atoms with E-state index >= 15 is 0 Å². The molecular weight excluding hydrogens is 324 g/mol. The van der Waals surface area contributed by atoms with Crippen LogP contribution in [0.4, 0.5) is 5.82 Å². The second-order valence-corrected chi connectivity index (χ2v) is 7.05. The first-order valence-corrected chi connectivity index (χ1v) is 9.09. The van der Waals surface area contributed by atoms with E-state index in [4.69, 9.17) is 0 Å². The lowest BCUT2D eigenvalue weighted by molar-refractivity contribution is 0.248. The summed E-state index contributed by atoms with van der Waals surface area (Å²) in [6.45, 7) is 6.53. The van der Waals surface area contributed by atoms with Gasteiger partial charge in [0.1, 0.15) is 5.82 Å². The maximum Gasteiger partial charge on any atom is 0.255 e. The Kier molecular flexibility index (Phi) is 4.47. The summed E-state index contributed by atoms with van der Waals surface area (Å²) < 4.78 is 1.77. The third-order valence-electron chi connectivity index (χ3n) is 5.19. The first-order chi connectivity index (χ1) is 12.6. The van der Waals surface area contributed by atoms with Crippen molar-refractivity contribution in [1.82, 2.24) is 14.5 Å². The van der Waals surface area contributed by atoms with Crippen LogP contribution in [0.1, 0.15) is 11.1 Å². The zero-order chi connectivity index (χ0) is 18.1. The maximum absolute atomic E-state index is 12.7. The molecule has 2 aromatic heterocycles. The largest absolute Gasteiger partial charge is 0.354 e. The third kappa shape index (κ3) is 3.22. The van der Waals surface area contributed by atoms with Crippen LogP contribution in [0.3, 0.4) is 0 Å². The molecule has 0 saturated carbocycles. The quantitative estimate of drug-likeness (QED) is 0.729. The molecule has 0 spiro atoms. The standard InChI is InChI=1S/C21H24N4O/c1-16-6-7-19-17(13-16)14-18(21(26)23(19)2)15-24-9-11-25(12-10-24)20-5-3-4-8-22-20/h3-8,13-14H,9-12,15H2,1-2H3. The summed E-state index contributed by atoms with van der Waals surface area (Å²) in [5.41, 5.74) is 3.18. The minimum Gasteiger partial charge on any atom is -0.354 e. The van der Waals surface area contributed by atoms with Gasteiger partial charge in [0.2, 0.25) is 0 Å². The molecule has 26 heavy (non-hydrogen) atoms. The van der Waals surface area contributed by atoms with Crippen molar-refractivity contribution in [3.05, 3.63) is 70.1 Å². The predicted molar refractivity (Wildman–Crippen MR) is 106 cm³/mol. The van der Waals surface area contributed by atoms with Gasteiger partial charge in [-0.2, -0.15) is 0 Å². The second kappa shape index (κ2) is 6.92. The first kappa shape index (κ1) is 16.8. The maximum atomic E-state index is 12.7. The number of aryl methyl sites for hydroxylation is 2. The van der Waals surface area contributed by atoms with Crippen LogP contribution in [-0.4, -0.2) is 40.6 Å². The number of nitrogens with zero attached hydrogens (tertiary/aromatic N) is 4. The van der Waals surface area contributed by atoms with Crippen LogP contribution in [0.25, 0.3) is 10.9 Å². The summed E-state index contributed by atoms with van der Waals surface area (Å²) in [6, 6.07) is 14.3. The summed E-state index contributed by atoms with van der Waals surface area (Å²) in [5.74, 6) is 1.03. The van der Waals surface area contributed by atoms with Crippen molar-refractivity contribution in [2.45, 2.75) is 13.5 Å². The number of rotatable bonds is 3. The van der Waals surface area contributed by atoms with Crippen LogP contribution in [-0.2, 0) is 13.6 Å². The molecule has 5 heteroatoms. The lowest BCUT2D eigenvalue weighted by Crippen LogP contribution is -2.46. The molecule has 0 atom stereocenters. The van der Waals surface area contributed by atoms with Crippen molar-refractivity contribution in [2.24, 2.45) is 7.05 Å². The molecule has 0 N–H and O–H groups in total. The fraction of sp³-hybridized carbons (Fsp3) is 0.333. The third-order valence-corrected chi connectivity index (χ3v) is 5.19. The summed E-state index contributed by atoms with van der Waals surface area (Å²) in [4.78, 5) is 21.8. The van der Waals surface area contributed by atoms with Gasteiger partial charge in [-0.3, -0.25) is 9.69 Å². The summed E-state index contributed by atoms with van der Waals surface area (Å²) in [5, 5.41) is 1.13. The van der Waals surface area contributed by atoms with E-state index in [1.807, 2.05) is 31.4 Å². The molecule has 5 nitrogen and oxygen atoms in total. The molecule has 0 radical (unpaired) electrons. The van der Waals surface area contributed by atoms with Gasteiger partial charge in [0.05, 0.1) is 5.52 Å². The fourth-order valence-corrected chi connectivity index (χ4v) is 3.70. The normalized spacial score (nSPS) is 15.5. The molecule has 1 aliphatic rings. The SMILES string of the molecule is Cc1ccc2c(c1)cc(CN1CCN(c3ccccn3)CC1)c(=O)n2C. The van der Waals surface area contributed by atoms with Gasteiger partial charge in [0.25, 0.3) is 5.56 Å². The highest BCUT2D eigenvalue weighted by atomic mass is 16.1. The highest BCUT2D eigenvalue weighted by Gasteiger charge is 2.19. The van der Waals surface area contributed by atoms with E-state index in [9.17, 15) is 4.79 Å². The lowest BCUT2D eigenvalue weighted by Gasteiger charge is -2.35. The van der Waals surface area contributed by atoms with E-state index in [2.05, 4.69) is 46.0 Å². The Hall–Kier alpha value is -2.66. The molecule has 0 bridgehead atoms. The van der Waals surface area contributed by atoms with Gasteiger partial charge in [0, 0.05) is 51.5 Å². The number of aromatic nitrogens is 2. The second-order valence-electron chi connectivity index (χ2n) is 7.05. The Bertz CT molecular complexity index is 972. The fourth-order valence-electron chi connectivity index (χ4n) is 3.70. The molecule has 3 heterocycles. The van der Waals surface area contributed by atoms with Crippen molar-refractivity contribution in [3.63, 3.8) is 0 Å². The van der Waals surface area contributed by atoms with Crippen LogP contribution < -0.4 is 10.5 Å². The van der Waals surface area contributed by atoms with Crippen LogP contribution in [0.5, 0.6) is 0 Å². The molecule has 0 unspecified atom stereocenters. The van der Waals surface area contributed by atoms with Crippen LogP contribution in [0.15, 0.2) is 53.5 Å². The van der Waals surface area contributed by atoms with Gasteiger partial charge >= 0.3 is 0 Å². The Morgan fingerprint density at radius 2 is 1.85 bits per heavy atom. The summed E-state index contributed by atoms with van der Waals surface area (Å²) >= 11 is 0. The van der Waals surface area contributed by atoms with Crippen molar-refractivity contribution >= 4 is 16.7 Å². The molecule has 4 rings (SSSR count). The molecule has 1 aromatic carbocycles. The van der Waals surface area contributed by atoms with E-state index in [-0.39, 0.29) is 5.56 Å². The number of anilines is 1. The number of piperazine rings is 1. The Balaban J connectivity index is 1.51. The molecule has 0 amide bonds. The van der Waals surface area contributed by atoms with Crippen molar-refractivity contribution < 1.29 is 0 Å². The predicted octanol–water partition coefficient (Wildman–Crippen LogP) is 2.56. The number of hydrogen-bond acceptors (Lipinski definition) is 4. The molecule has 134 valence electrons. The number of pyridine rings is 2. The Morgan fingerprint density at radius 3 is 2.58 bits per heavy atom. The zero-order valence-corrected chi connectivity index (χ0v) is 15.4. The number of fused-ring (bicyclic) bond motifs is 1. The van der Waals surface area contributed by atoms with E-state index in [1.54, 1.807) is 4.57 Å². The lowest BCUT2D eigenvalue weighted by atomic mass is 10.1. The van der Waals surface area contributed by atoms with Crippen LogP contribution >= 0.6 is 0 Å². The van der Waals surface area contributed by atoms with Gasteiger partial charge in [-0.1, -0.05) is 17.7 Å². The van der Waals surface area contributed by atoms with Gasteiger partial charge in [-0.25, -0.2) is 4.98 Å². The van der Waals surface area contributed by atoms with Gasteiger partial charge in [-0.15, -0.1) is 0 Å². The van der Waals surface area contributed by atoms with Crippen molar-refractivity contribution in [2.75, 3.05) is 31.1 Å². The first-order valence-electron chi connectivity index (χ1n) is 9.09. The highest BCUT2D eigenvalue weighted by molar-refractivity contribution is 5.80. The number of hydrogen-bond donors (Lipinski definition) is 0. The average molecular weight is 348 g/mol. The number of benzene rings is 1. The van der Waals surface area contributed by atoms with Crippen molar-refractivity contribution in [1.29, 1.82) is 0 Å². The van der Waals surface area contributed by atoms with Gasteiger partial charge in [0.15, 0.2) is 0 Å². The monoisotopic (exact) mass is 348 g/mol. The average Bonchev–Trinajstić information content (AvgIpc) is 2.67. The van der Waals surface area contributed by atoms with E-state index < -0.39 is 0 Å². The van der Waals surface area contributed by atoms with E-state index in [0.717, 1.165) is 48.5 Å². The van der Waals surface area contributed by atoms with Gasteiger partial charge < -0.3 is 9.47 Å². The highest BCUT2D eigenvalue weighted by Crippen LogP contribution is 2.17. The Labute approximate surface area is 153 Å². The van der Waals surface area contributed by atoms with E-state index in [0.29, 0.717) is 6.54 Å². The smallest absolute Gasteiger partial charge is 0.255 e. The topological polar surface area (TPSA) is 41.4 Å². The molecule has 0 aliphatic carbocycles. The van der Waals surface area contributed by atoms with Gasteiger partial charge in [-0.05, 0) is 42.6 Å². The molecular formula is C21H24N4O. The minimum atomic E-state index is 0.105. The summed E-state index contributed by atoms with van der Waals surface area (Å²) in [7, 11) is 1.86. The zero-order valence-electron chi connectivity index (χ0n) is 15.4.